The van der Waals surface area contributed by atoms with Crippen LogP contribution in [0.3, 0.4) is 0 Å². The Balaban J connectivity index is 0.00000261. The van der Waals surface area contributed by atoms with Gasteiger partial charge in [-0.1, -0.05) is 56.3 Å². The van der Waals surface area contributed by atoms with Crippen LogP contribution in [0.2, 0.25) is 0 Å². The maximum atomic E-state index is 6.02. The van der Waals surface area contributed by atoms with Crippen LogP contribution in [0, 0.1) is 0 Å². The molecule has 0 saturated carbocycles. The number of guanidine groups is 1. The number of hydrogen-bond donors (Lipinski definition) is 2. The number of rotatable bonds is 6. The lowest BCUT2D eigenvalue weighted by Crippen LogP contribution is -2.22. The summed E-state index contributed by atoms with van der Waals surface area (Å²) in [6.07, 6.45) is 3.84. The molecule has 0 fully saturated rings. The van der Waals surface area contributed by atoms with Crippen LogP contribution in [0.4, 0.5) is 5.69 Å². The number of nitrogens with two attached hydrogens (primary N) is 1. The molecular formula is C21H26IN5. The van der Waals surface area contributed by atoms with Crippen LogP contribution < -0.4 is 11.1 Å². The fourth-order valence-corrected chi connectivity index (χ4v) is 2.68. The summed E-state index contributed by atoms with van der Waals surface area (Å²) in [6.45, 7) is 5.59. The summed E-state index contributed by atoms with van der Waals surface area (Å²) in [4.78, 5) is 4.41. The minimum atomic E-state index is 0. The third-order valence-corrected chi connectivity index (χ3v) is 4.13. The predicted octanol–water partition coefficient (Wildman–Crippen LogP) is 4.60. The molecule has 3 N–H and O–H groups in total. The smallest absolute Gasteiger partial charge is 0.193 e. The van der Waals surface area contributed by atoms with Crippen molar-refractivity contribution < 1.29 is 0 Å². The highest BCUT2D eigenvalue weighted by Gasteiger charge is 2.02. The average Bonchev–Trinajstić information content (AvgIpc) is 3.08. The third-order valence-electron chi connectivity index (χ3n) is 4.13. The second-order valence-corrected chi connectivity index (χ2v) is 6.64. The van der Waals surface area contributed by atoms with E-state index in [1.807, 2.05) is 47.4 Å². The maximum Gasteiger partial charge on any atom is 0.193 e. The molecule has 6 heteroatoms. The van der Waals surface area contributed by atoms with Gasteiger partial charge in [-0.05, 0) is 29.2 Å². The van der Waals surface area contributed by atoms with E-state index in [0.29, 0.717) is 18.4 Å². The van der Waals surface area contributed by atoms with Crippen molar-refractivity contribution in [2.45, 2.75) is 32.9 Å². The quantitative estimate of drug-likeness (QED) is 0.311. The fraction of sp³-hybridized carbons (Fsp3) is 0.238. The van der Waals surface area contributed by atoms with Gasteiger partial charge in [0.25, 0.3) is 0 Å². The molecule has 27 heavy (non-hydrogen) atoms. The molecule has 0 saturated heterocycles. The largest absolute Gasteiger partial charge is 0.370 e. The van der Waals surface area contributed by atoms with Gasteiger partial charge in [-0.3, -0.25) is 4.68 Å². The lowest BCUT2D eigenvalue weighted by molar-refractivity contribution is 0.686. The first-order valence-electron chi connectivity index (χ1n) is 8.82. The van der Waals surface area contributed by atoms with Crippen molar-refractivity contribution in [2.24, 2.45) is 10.7 Å². The molecule has 0 amide bonds. The van der Waals surface area contributed by atoms with E-state index >= 15 is 0 Å². The third kappa shape index (κ3) is 6.39. The van der Waals surface area contributed by atoms with Crippen molar-refractivity contribution in [3.63, 3.8) is 0 Å². The first-order chi connectivity index (χ1) is 12.6. The van der Waals surface area contributed by atoms with Crippen LogP contribution in [-0.4, -0.2) is 15.7 Å². The highest BCUT2D eigenvalue weighted by molar-refractivity contribution is 14.0. The predicted molar refractivity (Wildman–Crippen MR) is 123 cm³/mol. The Morgan fingerprint density at radius 2 is 1.89 bits per heavy atom. The number of aromatic nitrogens is 2. The van der Waals surface area contributed by atoms with Crippen molar-refractivity contribution >= 4 is 35.6 Å². The van der Waals surface area contributed by atoms with Gasteiger partial charge < -0.3 is 11.1 Å². The van der Waals surface area contributed by atoms with Gasteiger partial charge in [0.15, 0.2) is 5.96 Å². The van der Waals surface area contributed by atoms with Gasteiger partial charge in [0, 0.05) is 17.4 Å². The minimum absolute atomic E-state index is 0. The van der Waals surface area contributed by atoms with E-state index in [1.165, 1.54) is 11.1 Å². The Labute approximate surface area is 177 Å². The van der Waals surface area contributed by atoms with Gasteiger partial charge in [0.2, 0.25) is 0 Å². The van der Waals surface area contributed by atoms with E-state index in [9.17, 15) is 0 Å². The zero-order valence-corrected chi connectivity index (χ0v) is 18.0. The lowest BCUT2D eigenvalue weighted by atomic mass is 10.0. The normalized spacial score (nSPS) is 11.3. The number of nitrogens with one attached hydrogen (secondary N) is 1. The zero-order chi connectivity index (χ0) is 18.4. The van der Waals surface area contributed by atoms with Crippen molar-refractivity contribution in [2.75, 3.05) is 5.32 Å². The Morgan fingerprint density at radius 1 is 1.11 bits per heavy atom. The first kappa shape index (κ1) is 21.0. The summed E-state index contributed by atoms with van der Waals surface area (Å²) in [5, 5.41) is 7.55. The number of aliphatic imine (C=N–C) groups is 1. The van der Waals surface area contributed by atoms with Crippen LogP contribution in [0.5, 0.6) is 0 Å². The van der Waals surface area contributed by atoms with Gasteiger partial charge in [0.05, 0.1) is 19.3 Å². The molecule has 0 aliphatic heterocycles. The SMILES string of the molecule is CC(C)c1cccc(NC(N)=NCc2cnn(Cc3ccccc3)c2)c1.I. The number of halogens is 1. The molecule has 2 aromatic carbocycles. The highest BCUT2D eigenvalue weighted by atomic mass is 127. The van der Waals surface area contributed by atoms with E-state index in [4.69, 9.17) is 5.73 Å². The molecule has 3 aromatic rings. The van der Waals surface area contributed by atoms with Crippen molar-refractivity contribution in [3.05, 3.63) is 83.7 Å². The molecule has 1 heterocycles. The Bertz CT molecular complexity index is 871. The summed E-state index contributed by atoms with van der Waals surface area (Å²) < 4.78 is 1.91. The van der Waals surface area contributed by atoms with E-state index < -0.39 is 0 Å². The van der Waals surface area contributed by atoms with Gasteiger partial charge >= 0.3 is 0 Å². The molecule has 0 aliphatic rings. The van der Waals surface area contributed by atoms with Gasteiger partial charge in [-0.2, -0.15) is 5.10 Å². The summed E-state index contributed by atoms with van der Waals surface area (Å²) in [5.74, 6) is 0.882. The van der Waals surface area contributed by atoms with Crippen molar-refractivity contribution in [3.8, 4) is 0 Å². The van der Waals surface area contributed by atoms with Crippen LogP contribution in [0.1, 0.15) is 36.5 Å². The van der Waals surface area contributed by atoms with E-state index in [1.54, 1.807) is 0 Å². The lowest BCUT2D eigenvalue weighted by Gasteiger charge is -2.09. The molecule has 142 valence electrons. The van der Waals surface area contributed by atoms with E-state index in [2.05, 4.69) is 53.5 Å². The molecule has 1 aromatic heterocycles. The van der Waals surface area contributed by atoms with E-state index in [0.717, 1.165) is 17.8 Å². The molecule has 0 radical (unpaired) electrons. The number of anilines is 1. The molecular weight excluding hydrogens is 449 g/mol. The second kappa shape index (κ2) is 10.1. The van der Waals surface area contributed by atoms with Crippen LogP contribution in [-0.2, 0) is 13.1 Å². The Kier molecular flexibility index (Phi) is 7.84. The summed E-state index contributed by atoms with van der Waals surface area (Å²) in [5.41, 5.74) is 10.5. The Morgan fingerprint density at radius 3 is 2.63 bits per heavy atom. The van der Waals surface area contributed by atoms with Crippen LogP contribution in [0.25, 0.3) is 0 Å². The summed E-state index contributed by atoms with van der Waals surface area (Å²) >= 11 is 0. The summed E-state index contributed by atoms with van der Waals surface area (Å²) in [7, 11) is 0. The van der Waals surface area contributed by atoms with Crippen molar-refractivity contribution in [1.29, 1.82) is 0 Å². The molecule has 0 spiro atoms. The standard InChI is InChI=1S/C21H25N5.HI/c1-16(2)19-9-6-10-20(11-19)25-21(22)23-12-18-13-24-26(15-18)14-17-7-4-3-5-8-17;/h3-11,13,15-16H,12,14H2,1-2H3,(H3,22,23,25);1H. The van der Waals surface area contributed by atoms with Gasteiger partial charge in [0.1, 0.15) is 0 Å². The van der Waals surface area contributed by atoms with Crippen LogP contribution in [0.15, 0.2) is 72.0 Å². The molecule has 0 unspecified atom stereocenters. The van der Waals surface area contributed by atoms with Gasteiger partial charge in [-0.25, -0.2) is 4.99 Å². The number of benzene rings is 2. The topological polar surface area (TPSA) is 68.2 Å². The maximum absolute atomic E-state index is 6.02. The second-order valence-electron chi connectivity index (χ2n) is 6.64. The van der Waals surface area contributed by atoms with Crippen molar-refractivity contribution in [1.82, 2.24) is 9.78 Å². The zero-order valence-electron chi connectivity index (χ0n) is 15.7. The van der Waals surface area contributed by atoms with Crippen LogP contribution >= 0.6 is 24.0 Å². The average molecular weight is 475 g/mol. The molecule has 5 nitrogen and oxygen atoms in total. The monoisotopic (exact) mass is 475 g/mol. The van der Waals surface area contributed by atoms with E-state index in [-0.39, 0.29) is 24.0 Å². The first-order valence-corrected chi connectivity index (χ1v) is 8.82. The summed E-state index contributed by atoms with van der Waals surface area (Å²) in [6, 6.07) is 18.5. The molecule has 0 atom stereocenters. The number of hydrogen-bond acceptors (Lipinski definition) is 2. The fourth-order valence-electron chi connectivity index (χ4n) is 2.68. The molecule has 0 aliphatic carbocycles. The molecule has 3 rings (SSSR count). The highest BCUT2D eigenvalue weighted by Crippen LogP contribution is 2.18. The molecule has 0 bridgehead atoms. The van der Waals surface area contributed by atoms with Gasteiger partial charge in [-0.15, -0.1) is 24.0 Å². The Hall–Kier alpha value is -2.35. The minimum Gasteiger partial charge on any atom is -0.370 e. The number of nitrogens with zero attached hydrogens (tertiary/aromatic N) is 3.